The summed E-state index contributed by atoms with van der Waals surface area (Å²) < 4.78 is 0. The van der Waals surface area contributed by atoms with E-state index in [2.05, 4.69) is 5.32 Å². The molecule has 18 heavy (non-hydrogen) atoms. The number of carbonyl (C=O) groups excluding carboxylic acids is 1. The molecule has 0 aliphatic heterocycles. The fourth-order valence-electron chi connectivity index (χ4n) is 4.60. The lowest BCUT2D eigenvalue weighted by Gasteiger charge is -2.21. The molecule has 0 aromatic carbocycles. The summed E-state index contributed by atoms with van der Waals surface area (Å²) in [6, 6.07) is 0. The fraction of sp³-hybridized carbons (Fsp3) is 0.938. The first-order valence-electron chi connectivity index (χ1n) is 8.10. The van der Waals surface area contributed by atoms with Crippen molar-refractivity contribution in [3.8, 4) is 0 Å². The van der Waals surface area contributed by atoms with Gasteiger partial charge in [0.25, 0.3) is 0 Å². The summed E-state index contributed by atoms with van der Waals surface area (Å²) >= 11 is 0. The number of fused-ring (bicyclic) bond motifs is 2. The first-order chi connectivity index (χ1) is 8.83. The van der Waals surface area contributed by atoms with Gasteiger partial charge < -0.3 is 5.32 Å². The molecular weight excluding hydrogens is 222 g/mol. The summed E-state index contributed by atoms with van der Waals surface area (Å²) in [6.45, 7) is 0.920. The third kappa shape index (κ3) is 2.73. The van der Waals surface area contributed by atoms with Gasteiger partial charge in [-0.3, -0.25) is 4.79 Å². The van der Waals surface area contributed by atoms with Crippen LogP contribution in [-0.2, 0) is 4.79 Å². The Kier molecular flexibility index (Phi) is 3.91. The highest BCUT2D eigenvalue weighted by molar-refractivity contribution is 5.79. The molecule has 0 aromatic rings. The fourth-order valence-corrected chi connectivity index (χ4v) is 4.60. The molecule has 0 saturated heterocycles. The SMILES string of the molecule is O=C(NCCCC1CCCC1)C1CC2CCC1C2. The molecule has 0 heterocycles. The summed E-state index contributed by atoms with van der Waals surface area (Å²) in [5.74, 6) is 3.31. The molecule has 1 amide bonds. The van der Waals surface area contributed by atoms with Gasteiger partial charge in [0, 0.05) is 12.5 Å². The molecule has 3 saturated carbocycles. The quantitative estimate of drug-likeness (QED) is 0.742. The van der Waals surface area contributed by atoms with Crippen LogP contribution in [0.5, 0.6) is 0 Å². The molecule has 0 aromatic heterocycles. The Morgan fingerprint density at radius 1 is 1.06 bits per heavy atom. The molecule has 0 radical (unpaired) electrons. The monoisotopic (exact) mass is 249 g/mol. The molecule has 0 spiro atoms. The maximum absolute atomic E-state index is 12.1. The minimum Gasteiger partial charge on any atom is -0.356 e. The molecule has 2 bridgehead atoms. The van der Waals surface area contributed by atoms with E-state index in [-0.39, 0.29) is 0 Å². The van der Waals surface area contributed by atoms with Crippen molar-refractivity contribution < 1.29 is 4.79 Å². The third-order valence-corrected chi connectivity index (χ3v) is 5.64. The Bertz CT molecular complexity index is 295. The van der Waals surface area contributed by atoms with Gasteiger partial charge in [-0.25, -0.2) is 0 Å². The Hall–Kier alpha value is -0.530. The van der Waals surface area contributed by atoms with Crippen LogP contribution in [0.25, 0.3) is 0 Å². The summed E-state index contributed by atoms with van der Waals surface area (Å²) in [5, 5.41) is 3.19. The van der Waals surface area contributed by atoms with Gasteiger partial charge in [0.15, 0.2) is 0 Å². The normalized spacial score (nSPS) is 35.2. The zero-order chi connectivity index (χ0) is 12.4. The second kappa shape index (κ2) is 5.63. The Labute approximate surface area is 111 Å². The van der Waals surface area contributed by atoms with Crippen LogP contribution in [0.15, 0.2) is 0 Å². The van der Waals surface area contributed by atoms with Crippen LogP contribution in [0.3, 0.4) is 0 Å². The van der Waals surface area contributed by atoms with Crippen molar-refractivity contribution >= 4 is 5.91 Å². The van der Waals surface area contributed by atoms with E-state index >= 15 is 0 Å². The second-order valence-electron chi connectivity index (χ2n) is 6.87. The van der Waals surface area contributed by atoms with Crippen LogP contribution in [0.1, 0.15) is 64.2 Å². The van der Waals surface area contributed by atoms with Gasteiger partial charge in [0.05, 0.1) is 0 Å². The molecule has 2 nitrogen and oxygen atoms in total. The van der Waals surface area contributed by atoms with E-state index in [0.717, 1.165) is 24.3 Å². The minimum atomic E-state index is 0.369. The van der Waals surface area contributed by atoms with Crippen LogP contribution in [-0.4, -0.2) is 12.5 Å². The van der Waals surface area contributed by atoms with Gasteiger partial charge in [0.2, 0.25) is 5.91 Å². The number of carbonyl (C=O) groups is 1. The zero-order valence-electron chi connectivity index (χ0n) is 11.5. The van der Waals surface area contributed by atoms with Crippen LogP contribution in [0.4, 0.5) is 0 Å². The Balaban J connectivity index is 1.32. The van der Waals surface area contributed by atoms with Crippen LogP contribution < -0.4 is 5.32 Å². The van der Waals surface area contributed by atoms with E-state index in [1.165, 1.54) is 64.2 Å². The lowest BCUT2D eigenvalue weighted by Crippen LogP contribution is -2.34. The topological polar surface area (TPSA) is 29.1 Å². The highest BCUT2D eigenvalue weighted by Gasteiger charge is 2.42. The zero-order valence-corrected chi connectivity index (χ0v) is 11.5. The molecule has 102 valence electrons. The molecule has 3 atom stereocenters. The van der Waals surface area contributed by atoms with Crippen molar-refractivity contribution in [2.75, 3.05) is 6.54 Å². The average molecular weight is 249 g/mol. The van der Waals surface area contributed by atoms with E-state index in [4.69, 9.17) is 0 Å². The number of hydrogen-bond donors (Lipinski definition) is 1. The van der Waals surface area contributed by atoms with Gasteiger partial charge in [-0.1, -0.05) is 32.1 Å². The average Bonchev–Trinajstić information content (AvgIpc) is 3.10. The molecule has 3 aliphatic carbocycles. The predicted molar refractivity (Wildman–Crippen MR) is 73.1 cm³/mol. The molecule has 1 N–H and O–H groups in total. The van der Waals surface area contributed by atoms with Crippen molar-refractivity contribution in [2.24, 2.45) is 23.7 Å². The van der Waals surface area contributed by atoms with Crippen molar-refractivity contribution in [1.29, 1.82) is 0 Å². The predicted octanol–water partition coefficient (Wildman–Crippen LogP) is 3.51. The van der Waals surface area contributed by atoms with Crippen molar-refractivity contribution in [3.63, 3.8) is 0 Å². The highest BCUT2D eigenvalue weighted by Crippen LogP contribution is 2.48. The van der Waals surface area contributed by atoms with Crippen LogP contribution in [0.2, 0.25) is 0 Å². The first kappa shape index (κ1) is 12.5. The van der Waals surface area contributed by atoms with E-state index in [9.17, 15) is 4.79 Å². The number of amides is 1. The minimum absolute atomic E-state index is 0.369. The summed E-state index contributed by atoms with van der Waals surface area (Å²) in [6.07, 6.45) is 13.5. The Morgan fingerprint density at radius 2 is 1.89 bits per heavy atom. The number of nitrogens with one attached hydrogen (secondary N) is 1. The maximum atomic E-state index is 12.1. The summed E-state index contributed by atoms with van der Waals surface area (Å²) in [7, 11) is 0. The second-order valence-corrected chi connectivity index (χ2v) is 6.87. The summed E-state index contributed by atoms with van der Waals surface area (Å²) in [4.78, 5) is 12.1. The van der Waals surface area contributed by atoms with E-state index in [1.807, 2.05) is 0 Å². The lowest BCUT2D eigenvalue weighted by molar-refractivity contribution is -0.126. The van der Waals surface area contributed by atoms with Crippen molar-refractivity contribution in [1.82, 2.24) is 5.32 Å². The third-order valence-electron chi connectivity index (χ3n) is 5.64. The van der Waals surface area contributed by atoms with Gasteiger partial charge >= 0.3 is 0 Å². The van der Waals surface area contributed by atoms with E-state index < -0.39 is 0 Å². The smallest absolute Gasteiger partial charge is 0.223 e. The van der Waals surface area contributed by atoms with E-state index in [0.29, 0.717) is 11.8 Å². The molecular formula is C16H27NO. The number of hydrogen-bond acceptors (Lipinski definition) is 1. The van der Waals surface area contributed by atoms with Gasteiger partial charge in [-0.2, -0.15) is 0 Å². The molecule has 3 aliphatic rings. The van der Waals surface area contributed by atoms with E-state index in [1.54, 1.807) is 0 Å². The standard InChI is InChI=1S/C16H27NO/c18-16(15-11-13-7-8-14(15)10-13)17-9-3-6-12-4-1-2-5-12/h12-15H,1-11H2,(H,17,18). The Morgan fingerprint density at radius 3 is 2.56 bits per heavy atom. The van der Waals surface area contributed by atoms with Crippen LogP contribution >= 0.6 is 0 Å². The maximum Gasteiger partial charge on any atom is 0.223 e. The first-order valence-corrected chi connectivity index (χ1v) is 8.10. The molecule has 2 heteroatoms. The van der Waals surface area contributed by atoms with Gasteiger partial charge in [0.1, 0.15) is 0 Å². The lowest BCUT2D eigenvalue weighted by atomic mass is 9.88. The summed E-state index contributed by atoms with van der Waals surface area (Å²) in [5.41, 5.74) is 0. The van der Waals surface area contributed by atoms with Crippen LogP contribution in [0, 0.1) is 23.7 Å². The highest BCUT2D eigenvalue weighted by atomic mass is 16.1. The van der Waals surface area contributed by atoms with Gasteiger partial charge in [-0.15, -0.1) is 0 Å². The number of rotatable bonds is 5. The molecule has 3 fully saturated rings. The molecule has 3 rings (SSSR count). The van der Waals surface area contributed by atoms with Gasteiger partial charge in [-0.05, 0) is 49.9 Å². The largest absolute Gasteiger partial charge is 0.356 e. The molecule has 3 unspecified atom stereocenters. The van der Waals surface area contributed by atoms with Crippen molar-refractivity contribution in [3.05, 3.63) is 0 Å². The van der Waals surface area contributed by atoms with Crippen molar-refractivity contribution in [2.45, 2.75) is 64.2 Å².